The molecule has 0 aromatic heterocycles. The second kappa shape index (κ2) is 11.5. The summed E-state index contributed by atoms with van der Waals surface area (Å²) in [5, 5.41) is 0. The summed E-state index contributed by atoms with van der Waals surface area (Å²) in [5.74, 6) is 0.000388. The molecule has 0 bridgehead atoms. The highest BCUT2D eigenvalue weighted by Gasteiger charge is 2.34. The molecule has 1 saturated heterocycles. The third-order valence-electron chi connectivity index (χ3n) is 5.87. The Morgan fingerprint density at radius 3 is 1.97 bits per heavy atom. The Kier molecular flexibility index (Phi) is 8.92. The minimum atomic E-state index is -3.77. The van der Waals surface area contributed by atoms with Crippen LogP contribution in [0.4, 0.5) is 0 Å². The van der Waals surface area contributed by atoms with E-state index >= 15 is 0 Å². The second-order valence-corrected chi connectivity index (χ2v) is 12.0. The van der Waals surface area contributed by atoms with E-state index in [0.717, 1.165) is 0 Å². The number of sulfonamides is 2. The van der Waals surface area contributed by atoms with Gasteiger partial charge in [0.1, 0.15) is 11.5 Å². The van der Waals surface area contributed by atoms with Crippen molar-refractivity contribution < 1.29 is 31.1 Å². The molecular weight excluding hydrogens is 492 g/mol. The molecule has 2 aromatic carbocycles. The molecule has 11 heteroatoms. The second-order valence-electron chi connectivity index (χ2n) is 8.09. The molecule has 0 aliphatic carbocycles. The van der Waals surface area contributed by atoms with Crippen molar-refractivity contribution in [3.8, 4) is 11.5 Å². The highest BCUT2D eigenvalue weighted by Crippen LogP contribution is 2.28. The van der Waals surface area contributed by atoms with Gasteiger partial charge in [0.05, 0.1) is 22.3 Å². The highest BCUT2D eigenvalue weighted by atomic mass is 32.2. The molecule has 1 heterocycles. The van der Waals surface area contributed by atoms with Gasteiger partial charge < -0.3 is 9.47 Å². The zero-order valence-electron chi connectivity index (χ0n) is 20.2. The maximum atomic E-state index is 13.1. The van der Waals surface area contributed by atoms with Crippen LogP contribution < -0.4 is 4.74 Å². The lowest BCUT2D eigenvalue weighted by atomic mass is 10.0. The van der Waals surface area contributed by atoms with Gasteiger partial charge in [0, 0.05) is 26.2 Å². The van der Waals surface area contributed by atoms with Gasteiger partial charge in [-0.25, -0.2) is 16.8 Å². The predicted octanol–water partition coefficient (Wildman–Crippen LogP) is 3.47. The Balaban J connectivity index is 1.69. The van der Waals surface area contributed by atoms with Crippen molar-refractivity contribution in [2.24, 2.45) is 5.92 Å². The molecule has 35 heavy (non-hydrogen) atoms. The van der Waals surface area contributed by atoms with Crippen LogP contribution >= 0.6 is 0 Å². The van der Waals surface area contributed by atoms with Crippen molar-refractivity contribution >= 4 is 26.0 Å². The number of benzene rings is 2. The zero-order chi connectivity index (χ0) is 25.6. The number of rotatable bonds is 10. The maximum Gasteiger partial charge on any atom is 0.310 e. The largest absolute Gasteiger partial charge is 0.466 e. The van der Waals surface area contributed by atoms with Gasteiger partial charge in [-0.3, -0.25) is 4.79 Å². The molecule has 0 spiro atoms. The van der Waals surface area contributed by atoms with Crippen molar-refractivity contribution in [1.29, 1.82) is 0 Å². The van der Waals surface area contributed by atoms with Crippen LogP contribution in [-0.2, 0) is 29.6 Å². The van der Waals surface area contributed by atoms with E-state index in [1.54, 1.807) is 45.0 Å². The normalized spacial score (nSPS) is 17.3. The third kappa shape index (κ3) is 6.21. The van der Waals surface area contributed by atoms with Crippen LogP contribution in [0.5, 0.6) is 11.5 Å². The molecular formula is C24H32N2O7S2. The molecule has 0 amide bonds. The number of carbonyl (C=O) groups excluding carboxylic acids is 1. The molecule has 1 aliphatic rings. The number of nitrogens with zero attached hydrogens (tertiary/aromatic N) is 2. The SMILES string of the molecule is CCOC(=O)[C@@H]1CCCN(S(=O)(=O)c2ccc(Oc3ccc(S(=O)(=O)N(CC)CC)cc3)cc2)C1. The van der Waals surface area contributed by atoms with Gasteiger partial charge in [0.2, 0.25) is 20.0 Å². The summed E-state index contributed by atoms with van der Waals surface area (Å²) in [6.07, 6.45) is 1.19. The van der Waals surface area contributed by atoms with Crippen LogP contribution in [0.1, 0.15) is 33.6 Å². The van der Waals surface area contributed by atoms with Crippen molar-refractivity contribution in [2.75, 3.05) is 32.8 Å². The molecule has 0 N–H and O–H groups in total. The molecule has 1 aliphatic heterocycles. The van der Waals surface area contributed by atoms with Crippen LogP contribution in [0.2, 0.25) is 0 Å². The summed E-state index contributed by atoms with van der Waals surface area (Å²) in [6, 6.07) is 12.1. The lowest BCUT2D eigenvalue weighted by Crippen LogP contribution is -2.42. The zero-order valence-corrected chi connectivity index (χ0v) is 21.8. The number of ether oxygens (including phenoxy) is 2. The van der Waals surface area contributed by atoms with E-state index in [9.17, 15) is 21.6 Å². The summed E-state index contributed by atoms with van der Waals surface area (Å²) in [5.41, 5.74) is 0. The van der Waals surface area contributed by atoms with Gasteiger partial charge in [-0.05, 0) is 68.3 Å². The quantitative estimate of drug-likeness (QED) is 0.438. The van der Waals surface area contributed by atoms with Crippen molar-refractivity contribution in [2.45, 2.75) is 43.4 Å². The minimum absolute atomic E-state index is 0.0994. The van der Waals surface area contributed by atoms with Crippen LogP contribution in [0.25, 0.3) is 0 Å². The Bertz CT molecular complexity index is 1210. The monoisotopic (exact) mass is 524 g/mol. The first kappa shape index (κ1) is 27.1. The molecule has 0 radical (unpaired) electrons. The highest BCUT2D eigenvalue weighted by molar-refractivity contribution is 7.89. The van der Waals surface area contributed by atoms with Gasteiger partial charge in [-0.15, -0.1) is 0 Å². The smallest absolute Gasteiger partial charge is 0.310 e. The molecule has 192 valence electrons. The third-order valence-corrected chi connectivity index (χ3v) is 9.81. The Morgan fingerprint density at radius 1 is 0.914 bits per heavy atom. The molecule has 9 nitrogen and oxygen atoms in total. The van der Waals surface area contributed by atoms with E-state index in [4.69, 9.17) is 9.47 Å². The van der Waals surface area contributed by atoms with Crippen molar-refractivity contribution in [1.82, 2.24) is 8.61 Å². The minimum Gasteiger partial charge on any atom is -0.466 e. The summed E-state index contributed by atoms with van der Waals surface area (Å²) < 4.78 is 64.9. The molecule has 2 aromatic rings. The topological polar surface area (TPSA) is 110 Å². The van der Waals surface area contributed by atoms with Gasteiger partial charge in [-0.1, -0.05) is 13.8 Å². The predicted molar refractivity (Wildman–Crippen MR) is 131 cm³/mol. The van der Waals surface area contributed by atoms with E-state index in [1.807, 2.05) is 0 Å². The summed E-state index contributed by atoms with van der Waals surface area (Å²) >= 11 is 0. The number of hydrogen-bond donors (Lipinski definition) is 0. The fraction of sp³-hybridized carbons (Fsp3) is 0.458. The van der Waals surface area contributed by atoms with E-state index < -0.39 is 26.0 Å². The number of carbonyl (C=O) groups is 1. The Labute approximate surface area is 207 Å². The lowest BCUT2D eigenvalue weighted by Gasteiger charge is -2.30. The Morgan fingerprint density at radius 2 is 1.46 bits per heavy atom. The summed E-state index contributed by atoms with van der Waals surface area (Å²) in [7, 11) is -7.33. The Hall–Kier alpha value is -2.47. The first-order valence-electron chi connectivity index (χ1n) is 11.7. The van der Waals surface area contributed by atoms with Gasteiger partial charge >= 0.3 is 5.97 Å². The van der Waals surface area contributed by atoms with Crippen LogP contribution in [0.15, 0.2) is 58.3 Å². The molecule has 1 fully saturated rings. The average molecular weight is 525 g/mol. The maximum absolute atomic E-state index is 13.1. The van der Waals surface area contributed by atoms with E-state index in [-0.39, 0.29) is 28.9 Å². The molecule has 0 saturated carbocycles. The van der Waals surface area contributed by atoms with Gasteiger partial charge in [-0.2, -0.15) is 8.61 Å². The van der Waals surface area contributed by atoms with E-state index in [2.05, 4.69) is 0 Å². The van der Waals surface area contributed by atoms with Gasteiger partial charge in [0.15, 0.2) is 0 Å². The molecule has 1 atom stereocenters. The first-order valence-corrected chi connectivity index (χ1v) is 14.6. The van der Waals surface area contributed by atoms with Gasteiger partial charge in [0.25, 0.3) is 0 Å². The fourth-order valence-electron chi connectivity index (χ4n) is 3.97. The average Bonchev–Trinajstić information content (AvgIpc) is 2.85. The summed E-state index contributed by atoms with van der Waals surface area (Å²) in [6.45, 7) is 6.76. The number of hydrogen-bond acceptors (Lipinski definition) is 7. The fourth-order valence-corrected chi connectivity index (χ4v) is 6.95. The van der Waals surface area contributed by atoms with Crippen LogP contribution in [0.3, 0.4) is 0 Å². The first-order chi connectivity index (χ1) is 16.6. The van der Waals surface area contributed by atoms with E-state index in [0.29, 0.717) is 44.0 Å². The van der Waals surface area contributed by atoms with Crippen LogP contribution in [0, 0.1) is 5.92 Å². The lowest BCUT2D eigenvalue weighted by molar-refractivity contribution is -0.149. The van der Waals surface area contributed by atoms with Crippen molar-refractivity contribution in [3.63, 3.8) is 0 Å². The number of piperidine rings is 1. The standard InChI is InChI=1S/C24H32N2O7S2/c1-4-25(5-2)34(28,29)22-13-9-20(10-14-22)33-21-11-15-23(16-12-21)35(30,31)26-17-7-8-19(18-26)24(27)32-6-3/h9-16,19H,4-8,17-18H2,1-3H3/t19-/m1/s1. The van der Waals surface area contributed by atoms with E-state index in [1.165, 1.54) is 32.9 Å². The summed E-state index contributed by atoms with van der Waals surface area (Å²) in [4.78, 5) is 12.4. The van der Waals surface area contributed by atoms with Crippen LogP contribution in [-0.4, -0.2) is 64.2 Å². The molecule has 0 unspecified atom stereocenters. The number of esters is 1. The van der Waals surface area contributed by atoms with Crippen molar-refractivity contribution in [3.05, 3.63) is 48.5 Å². The molecule has 3 rings (SSSR count).